The summed E-state index contributed by atoms with van der Waals surface area (Å²) >= 11 is 0. The number of nitrogens with two attached hydrogens (primary N) is 1. The zero-order valence-corrected chi connectivity index (χ0v) is 11.2. The van der Waals surface area contributed by atoms with Gasteiger partial charge in [-0.05, 0) is 55.3 Å². The van der Waals surface area contributed by atoms with Crippen molar-refractivity contribution in [2.45, 2.75) is 20.4 Å². The first-order chi connectivity index (χ1) is 9.15. The Kier molecular flexibility index (Phi) is 4.12. The van der Waals surface area contributed by atoms with Gasteiger partial charge < -0.3 is 10.6 Å². The Labute approximate surface area is 112 Å². The number of halogens is 1. The Balaban J connectivity index is 2.39. The third-order valence-corrected chi connectivity index (χ3v) is 3.05. The third kappa shape index (κ3) is 2.90. The summed E-state index contributed by atoms with van der Waals surface area (Å²) in [6.45, 7) is 5.30. The summed E-state index contributed by atoms with van der Waals surface area (Å²) in [5, 5.41) is 0. The molecule has 1 aromatic carbocycles. The molecule has 1 heterocycles. The molecule has 0 radical (unpaired) electrons. The van der Waals surface area contributed by atoms with Gasteiger partial charge in [0.1, 0.15) is 11.6 Å². The summed E-state index contributed by atoms with van der Waals surface area (Å²) in [5.74, 6) is 0.647. The van der Waals surface area contributed by atoms with Gasteiger partial charge >= 0.3 is 0 Å². The number of benzene rings is 1. The number of rotatable bonds is 4. The van der Waals surface area contributed by atoms with Crippen molar-refractivity contribution in [3.8, 4) is 0 Å². The number of hydrogen-bond acceptors (Lipinski definition) is 3. The summed E-state index contributed by atoms with van der Waals surface area (Å²) in [5.41, 5.74) is 8.62. The van der Waals surface area contributed by atoms with E-state index in [-0.39, 0.29) is 5.82 Å². The maximum atomic E-state index is 13.0. The predicted molar refractivity (Wildman–Crippen MR) is 75.9 cm³/mol. The molecule has 19 heavy (non-hydrogen) atoms. The number of aryl methyl sites for hydroxylation is 1. The molecule has 2 N–H and O–H groups in total. The molecule has 0 bridgehead atoms. The number of nitrogens with zero attached hydrogens (tertiary/aromatic N) is 2. The minimum absolute atomic E-state index is 0.233. The first kappa shape index (κ1) is 13.5. The maximum absolute atomic E-state index is 13.0. The van der Waals surface area contributed by atoms with Gasteiger partial charge in [-0.3, -0.25) is 0 Å². The van der Waals surface area contributed by atoms with Crippen molar-refractivity contribution in [2.24, 2.45) is 5.73 Å². The second-order valence-electron chi connectivity index (χ2n) is 4.41. The monoisotopic (exact) mass is 259 g/mol. The van der Waals surface area contributed by atoms with Gasteiger partial charge in [0.15, 0.2) is 0 Å². The molecule has 2 rings (SSSR count). The van der Waals surface area contributed by atoms with Crippen LogP contribution in [0.4, 0.5) is 15.9 Å². The normalized spacial score (nSPS) is 10.5. The van der Waals surface area contributed by atoms with Crippen LogP contribution in [0.3, 0.4) is 0 Å². The molecule has 100 valence electrons. The largest absolute Gasteiger partial charge is 0.326 e. The van der Waals surface area contributed by atoms with E-state index in [1.165, 1.54) is 12.1 Å². The summed E-state index contributed by atoms with van der Waals surface area (Å²) in [6, 6.07) is 8.48. The maximum Gasteiger partial charge on any atom is 0.135 e. The first-order valence-corrected chi connectivity index (χ1v) is 6.34. The fraction of sp³-hybridized carbons (Fsp3) is 0.267. The van der Waals surface area contributed by atoms with Crippen LogP contribution in [0.1, 0.15) is 18.1 Å². The van der Waals surface area contributed by atoms with E-state index in [1.54, 1.807) is 18.3 Å². The molecule has 0 aliphatic heterocycles. The summed E-state index contributed by atoms with van der Waals surface area (Å²) in [7, 11) is 0. The SMILES string of the molecule is CCN(c1ccc(F)cc1)c1ncc(CN)cc1C. The highest BCUT2D eigenvalue weighted by atomic mass is 19.1. The zero-order valence-electron chi connectivity index (χ0n) is 11.2. The van der Waals surface area contributed by atoms with Gasteiger partial charge in [-0.25, -0.2) is 9.37 Å². The fourth-order valence-electron chi connectivity index (χ4n) is 2.10. The molecule has 0 spiro atoms. The van der Waals surface area contributed by atoms with Gasteiger partial charge in [0.2, 0.25) is 0 Å². The molecule has 4 heteroatoms. The number of pyridine rings is 1. The lowest BCUT2D eigenvalue weighted by molar-refractivity contribution is 0.628. The van der Waals surface area contributed by atoms with Gasteiger partial charge in [-0.1, -0.05) is 0 Å². The zero-order chi connectivity index (χ0) is 13.8. The Morgan fingerprint density at radius 2 is 1.95 bits per heavy atom. The topological polar surface area (TPSA) is 42.2 Å². The standard InChI is InChI=1S/C15H18FN3/c1-3-19(14-6-4-13(16)5-7-14)15-11(2)8-12(9-17)10-18-15/h4-8,10H,3,9,17H2,1-2H3. The van der Waals surface area contributed by atoms with Crippen LogP contribution in [-0.2, 0) is 6.54 Å². The van der Waals surface area contributed by atoms with E-state index in [0.717, 1.165) is 29.2 Å². The van der Waals surface area contributed by atoms with Crippen molar-refractivity contribution in [3.63, 3.8) is 0 Å². The van der Waals surface area contributed by atoms with Crippen LogP contribution in [0, 0.1) is 12.7 Å². The highest BCUT2D eigenvalue weighted by Crippen LogP contribution is 2.26. The van der Waals surface area contributed by atoms with Gasteiger partial charge in [0.05, 0.1) is 0 Å². The van der Waals surface area contributed by atoms with Crippen LogP contribution in [0.15, 0.2) is 36.5 Å². The Bertz CT molecular complexity index is 552. The van der Waals surface area contributed by atoms with Gasteiger partial charge in [-0.2, -0.15) is 0 Å². The highest BCUT2D eigenvalue weighted by Gasteiger charge is 2.11. The third-order valence-electron chi connectivity index (χ3n) is 3.05. The molecule has 0 saturated carbocycles. The smallest absolute Gasteiger partial charge is 0.135 e. The van der Waals surface area contributed by atoms with Crippen LogP contribution in [0.25, 0.3) is 0 Å². The van der Waals surface area contributed by atoms with Gasteiger partial charge in [0.25, 0.3) is 0 Å². The van der Waals surface area contributed by atoms with Crippen LogP contribution in [0.2, 0.25) is 0 Å². The van der Waals surface area contributed by atoms with Crippen molar-refractivity contribution in [1.29, 1.82) is 0 Å². The van der Waals surface area contributed by atoms with Crippen LogP contribution >= 0.6 is 0 Å². The molecule has 0 amide bonds. The number of hydrogen-bond donors (Lipinski definition) is 1. The van der Waals surface area contributed by atoms with E-state index in [1.807, 2.05) is 19.9 Å². The second kappa shape index (κ2) is 5.80. The van der Waals surface area contributed by atoms with Crippen LogP contribution in [-0.4, -0.2) is 11.5 Å². The quantitative estimate of drug-likeness (QED) is 0.917. The van der Waals surface area contributed by atoms with Gasteiger partial charge in [0, 0.05) is 25.0 Å². The molecule has 3 nitrogen and oxygen atoms in total. The first-order valence-electron chi connectivity index (χ1n) is 6.34. The molecule has 1 aromatic heterocycles. The van der Waals surface area contributed by atoms with Crippen molar-refractivity contribution < 1.29 is 4.39 Å². The van der Waals surface area contributed by atoms with Gasteiger partial charge in [-0.15, -0.1) is 0 Å². The molecule has 0 saturated heterocycles. The van der Waals surface area contributed by atoms with E-state index in [0.29, 0.717) is 6.54 Å². The molecule has 0 fully saturated rings. The summed E-state index contributed by atoms with van der Waals surface area (Å²) in [4.78, 5) is 6.52. The lowest BCUT2D eigenvalue weighted by Gasteiger charge is -2.24. The van der Waals surface area contributed by atoms with E-state index in [2.05, 4.69) is 9.88 Å². The van der Waals surface area contributed by atoms with E-state index < -0.39 is 0 Å². The molecule has 0 atom stereocenters. The van der Waals surface area contributed by atoms with E-state index in [4.69, 9.17) is 5.73 Å². The molecule has 2 aromatic rings. The van der Waals surface area contributed by atoms with Crippen molar-refractivity contribution in [2.75, 3.05) is 11.4 Å². The molecule has 0 aliphatic rings. The summed E-state index contributed by atoms with van der Waals surface area (Å²) < 4.78 is 13.0. The minimum Gasteiger partial charge on any atom is -0.326 e. The van der Waals surface area contributed by atoms with E-state index >= 15 is 0 Å². The number of aromatic nitrogens is 1. The lowest BCUT2D eigenvalue weighted by atomic mass is 10.2. The minimum atomic E-state index is -0.233. The average Bonchev–Trinajstić information content (AvgIpc) is 2.43. The van der Waals surface area contributed by atoms with Crippen LogP contribution in [0.5, 0.6) is 0 Å². The van der Waals surface area contributed by atoms with Crippen molar-refractivity contribution >= 4 is 11.5 Å². The Hall–Kier alpha value is -1.94. The average molecular weight is 259 g/mol. The van der Waals surface area contributed by atoms with E-state index in [9.17, 15) is 4.39 Å². The molecule has 0 aliphatic carbocycles. The lowest BCUT2D eigenvalue weighted by Crippen LogP contribution is -2.18. The van der Waals surface area contributed by atoms with Crippen molar-refractivity contribution in [1.82, 2.24) is 4.98 Å². The van der Waals surface area contributed by atoms with Crippen LogP contribution < -0.4 is 10.6 Å². The predicted octanol–water partition coefficient (Wildman–Crippen LogP) is 3.15. The Morgan fingerprint density at radius 3 is 2.47 bits per heavy atom. The second-order valence-corrected chi connectivity index (χ2v) is 4.41. The fourth-order valence-corrected chi connectivity index (χ4v) is 2.10. The van der Waals surface area contributed by atoms with Crippen molar-refractivity contribution in [3.05, 3.63) is 53.5 Å². The highest BCUT2D eigenvalue weighted by molar-refractivity contribution is 5.62. The number of anilines is 2. The molecule has 0 unspecified atom stereocenters. The Morgan fingerprint density at radius 1 is 1.26 bits per heavy atom. The molecular weight excluding hydrogens is 241 g/mol. The summed E-state index contributed by atoms with van der Waals surface area (Å²) in [6.07, 6.45) is 1.79. The molecular formula is C15H18FN3.